The van der Waals surface area contributed by atoms with Crippen LogP contribution in [0.25, 0.3) is 6.08 Å². The number of fused-ring (bicyclic) bond motifs is 1. The first kappa shape index (κ1) is 21.2. The molecule has 0 unspecified atom stereocenters. The van der Waals surface area contributed by atoms with E-state index in [1.807, 2.05) is 18.2 Å². The molecule has 5 nitrogen and oxygen atoms in total. The molecule has 31 heavy (non-hydrogen) atoms. The van der Waals surface area contributed by atoms with Crippen molar-refractivity contribution in [3.63, 3.8) is 0 Å². The maximum absolute atomic E-state index is 12.8. The minimum atomic E-state index is -3.57. The Labute approximate surface area is 185 Å². The lowest BCUT2D eigenvalue weighted by Crippen LogP contribution is -2.24. The summed E-state index contributed by atoms with van der Waals surface area (Å²) in [7, 11) is -2.05. The molecule has 0 radical (unpaired) electrons. The number of hydrogen-bond donors (Lipinski definition) is 0. The van der Waals surface area contributed by atoms with Gasteiger partial charge in [-0.15, -0.1) is 0 Å². The molecule has 0 fully saturated rings. The number of methoxy groups -OCH3 is 1. The molecule has 1 aliphatic rings. The lowest BCUT2D eigenvalue weighted by Gasteiger charge is -2.18. The number of Topliss-reactive ketones (excluding diaryl/α,β-unsaturated/α-hetero) is 1. The van der Waals surface area contributed by atoms with Crippen LogP contribution in [0.2, 0.25) is 5.02 Å². The summed E-state index contributed by atoms with van der Waals surface area (Å²) < 4.78 is 36.5. The summed E-state index contributed by atoms with van der Waals surface area (Å²) in [5.74, 6) is 0.351. The highest BCUT2D eigenvalue weighted by Crippen LogP contribution is 2.32. The maximum atomic E-state index is 12.8. The summed E-state index contributed by atoms with van der Waals surface area (Å²) in [6, 6.07) is 18.8. The van der Waals surface area contributed by atoms with Crippen LogP contribution in [0.5, 0.6) is 11.5 Å². The van der Waals surface area contributed by atoms with E-state index < -0.39 is 9.84 Å². The molecule has 158 valence electrons. The van der Waals surface area contributed by atoms with Gasteiger partial charge in [-0.2, -0.15) is 0 Å². The molecule has 1 heterocycles. The molecule has 7 heteroatoms. The molecule has 0 saturated carbocycles. The Morgan fingerprint density at radius 2 is 1.74 bits per heavy atom. The second-order valence-corrected chi connectivity index (χ2v) is 9.41. The molecule has 3 aromatic rings. The van der Waals surface area contributed by atoms with Gasteiger partial charge in [-0.05, 0) is 42.0 Å². The molecule has 0 aromatic heterocycles. The molecule has 3 aromatic carbocycles. The van der Waals surface area contributed by atoms with Crippen LogP contribution >= 0.6 is 11.6 Å². The van der Waals surface area contributed by atoms with E-state index in [4.69, 9.17) is 21.1 Å². The zero-order valence-electron chi connectivity index (χ0n) is 16.7. The first-order valence-electron chi connectivity index (χ1n) is 9.50. The van der Waals surface area contributed by atoms with Crippen LogP contribution < -0.4 is 9.47 Å². The Morgan fingerprint density at radius 3 is 2.52 bits per heavy atom. The largest absolute Gasteiger partial charge is 0.493 e. The van der Waals surface area contributed by atoms with Gasteiger partial charge in [0.15, 0.2) is 27.1 Å². The zero-order valence-corrected chi connectivity index (χ0v) is 18.2. The molecule has 0 spiro atoms. The Hall–Kier alpha value is -3.09. The van der Waals surface area contributed by atoms with Crippen molar-refractivity contribution in [2.24, 2.45) is 0 Å². The van der Waals surface area contributed by atoms with Gasteiger partial charge in [0.2, 0.25) is 0 Å². The second-order valence-electron chi connectivity index (χ2n) is 7.04. The molecule has 0 saturated heterocycles. The van der Waals surface area contributed by atoms with Crippen LogP contribution in [0.3, 0.4) is 0 Å². The van der Waals surface area contributed by atoms with Crippen LogP contribution in [0.15, 0.2) is 77.2 Å². The van der Waals surface area contributed by atoms with E-state index in [9.17, 15) is 13.2 Å². The first-order chi connectivity index (χ1) is 14.9. The summed E-state index contributed by atoms with van der Waals surface area (Å²) in [5.41, 5.74) is 1.89. The average molecular weight is 455 g/mol. The SMILES string of the molecule is COc1cc(/C=C2/CS(=O)(=O)c3ccccc3C2=O)ccc1OCc1ccccc1Cl. The van der Waals surface area contributed by atoms with Crippen molar-refractivity contribution in [3.05, 3.63) is 94.0 Å². The van der Waals surface area contributed by atoms with Crippen LogP contribution in [0, 0.1) is 0 Å². The number of ketones is 1. The van der Waals surface area contributed by atoms with Crippen molar-refractivity contribution in [1.82, 2.24) is 0 Å². The van der Waals surface area contributed by atoms with Crippen molar-refractivity contribution in [1.29, 1.82) is 0 Å². The van der Waals surface area contributed by atoms with E-state index in [2.05, 4.69) is 0 Å². The standard InChI is InChI=1S/C24H19ClO5S/c1-29-22-13-16(10-11-21(22)30-14-17-6-2-4-8-20(17)25)12-18-15-31(27,28)23-9-5-3-7-19(23)24(18)26/h2-13H,14-15H2,1H3/b18-12-. The third-order valence-corrected chi connectivity index (χ3v) is 7.06. The van der Waals surface area contributed by atoms with Gasteiger partial charge in [-0.3, -0.25) is 4.79 Å². The molecule has 0 bridgehead atoms. The Bertz CT molecular complexity index is 1290. The minimum absolute atomic E-state index is 0.0815. The number of rotatable bonds is 5. The second kappa shape index (κ2) is 8.57. The lowest BCUT2D eigenvalue weighted by molar-refractivity contribution is 0.103. The van der Waals surface area contributed by atoms with Gasteiger partial charge in [-0.1, -0.05) is 48.0 Å². The molecule has 4 rings (SSSR count). The number of sulfone groups is 1. The van der Waals surface area contributed by atoms with Crippen LogP contribution in [-0.4, -0.2) is 27.1 Å². The van der Waals surface area contributed by atoms with Gasteiger partial charge < -0.3 is 9.47 Å². The molecule has 0 atom stereocenters. The molecular formula is C24H19ClO5S. The van der Waals surface area contributed by atoms with Crippen molar-refractivity contribution < 1.29 is 22.7 Å². The summed E-state index contributed by atoms with van der Waals surface area (Å²) in [6.45, 7) is 0.268. The van der Waals surface area contributed by atoms with E-state index in [0.29, 0.717) is 22.1 Å². The van der Waals surface area contributed by atoms with Gasteiger partial charge in [0.25, 0.3) is 0 Å². The summed E-state index contributed by atoms with van der Waals surface area (Å²) in [4.78, 5) is 12.9. The topological polar surface area (TPSA) is 69.7 Å². The third kappa shape index (κ3) is 4.36. The van der Waals surface area contributed by atoms with Crippen molar-refractivity contribution >= 4 is 33.3 Å². The highest BCUT2D eigenvalue weighted by atomic mass is 35.5. The minimum Gasteiger partial charge on any atom is -0.493 e. The van der Waals surface area contributed by atoms with Gasteiger partial charge in [0.05, 0.1) is 17.8 Å². The van der Waals surface area contributed by atoms with Crippen molar-refractivity contribution in [2.45, 2.75) is 11.5 Å². The van der Waals surface area contributed by atoms with E-state index in [0.717, 1.165) is 5.56 Å². The van der Waals surface area contributed by atoms with Crippen LogP contribution in [-0.2, 0) is 16.4 Å². The number of hydrogen-bond acceptors (Lipinski definition) is 5. The lowest BCUT2D eigenvalue weighted by atomic mass is 10.0. The number of ether oxygens (including phenoxy) is 2. The zero-order chi connectivity index (χ0) is 22.0. The summed E-state index contributed by atoms with van der Waals surface area (Å²) >= 11 is 6.17. The fourth-order valence-electron chi connectivity index (χ4n) is 3.42. The fourth-order valence-corrected chi connectivity index (χ4v) is 5.17. The van der Waals surface area contributed by atoms with E-state index in [1.54, 1.807) is 42.5 Å². The molecule has 0 aliphatic carbocycles. The highest BCUT2D eigenvalue weighted by molar-refractivity contribution is 7.91. The molecule has 1 aliphatic heterocycles. The van der Waals surface area contributed by atoms with E-state index in [1.165, 1.54) is 19.2 Å². The summed E-state index contributed by atoms with van der Waals surface area (Å²) in [6.07, 6.45) is 1.58. The Morgan fingerprint density at radius 1 is 1.00 bits per heavy atom. The van der Waals surface area contributed by atoms with Crippen molar-refractivity contribution in [3.8, 4) is 11.5 Å². The monoisotopic (exact) mass is 454 g/mol. The third-order valence-electron chi connectivity index (χ3n) is 4.97. The summed E-state index contributed by atoms with van der Waals surface area (Å²) in [5, 5.41) is 0.611. The molecule has 0 N–H and O–H groups in total. The van der Waals surface area contributed by atoms with Crippen LogP contribution in [0.1, 0.15) is 21.5 Å². The number of carbonyl (C=O) groups excluding carboxylic acids is 1. The van der Waals surface area contributed by atoms with Gasteiger partial charge >= 0.3 is 0 Å². The predicted molar refractivity (Wildman–Crippen MR) is 120 cm³/mol. The fraction of sp³-hybridized carbons (Fsp3) is 0.125. The van der Waals surface area contributed by atoms with Crippen molar-refractivity contribution in [2.75, 3.05) is 12.9 Å². The quantitative estimate of drug-likeness (QED) is 0.508. The smallest absolute Gasteiger partial charge is 0.191 e. The van der Waals surface area contributed by atoms with E-state index >= 15 is 0 Å². The molecule has 0 amide bonds. The average Bonchev–Trinajstić information content (AvgIpc) is 2.77. The normalized spacial score (nSPS) is 16.1. The van der Waals surface area contributed by atoms with Gasteiger partial charge in [0.1, 0.15) is 6.61 Å². The van der Waals surface area contributed by atoms with Gasteiger partial charge in [-0.25, -0.2) is 8.42 Å². The predicted octanol–water partition coefficient (Wildman–Crippen LogP) is 4.98. The Balaban J connectivity index is 1.62. The first-order valence-corrected chi connectivity index (χ1v) is 11.5. The van der Waals surface area contributed by atoms with E-state index in [-0.39, 0.29) is 34.2 Å². The number of carbonyl (C=O) groups is 1. The van der Waals surface area contributed by atoms with Crippen LogP contribution in [0.4, 0.5) is 0 Å². The number of halogens is 1. The highest BCUT2D eigenvalue weighted by Gasteiger charge is 2.32. The maximum Gasteiger partial charge on any atom is 0.191 e. The number of benzene rings is 3. The Kier molecular flexibility index (Phi) is 5.85. The van der Waals surface area contributed by atoms with Gasteiger partial charge in [0, 0.05) is 21.7 Å². The molecular weight excluding hydrogens is 436 g/mol.